The monoisotopic (exact) mass is 717 g/mol. The highest BCUT2D eigenvalue weighted by molar-refractivity contribution is 7.86. The van der Waals surface area contributed by atoms with Crippen molar-refractivity contribution >= 4 is 86.3 Å². The Morgan fingerprint density at radius 2 is 1.31 bits per heavy atom. The zero-order chi connectivity index (χ0) is 35.3. The highest BCUT2D eigenvalue weighted by Gasteiger charge is 2.25. The molecule has 5 aromatic carbocycles. The largest absolute Gasteiger partial charge is 0.507 e. The van der Waals surface area contributed by atoms with Crippen LogP contribution in [0, 0.1) is 0 Å². The number of rotatable bonds is 8. The molecule has 0 radical (unpaired) electrons. The maximum Gasteiger partial charge on any atom is 0.337 e. The van der Waals surface area contributed by atoms with E-state index in [0.717, 1.165) is 6.07 Å². The molecule has 248 valence electrons. The molecular formula is C27H19N5O13S3. The van der Waals surface area contributed by atoms with Gasteiger partial charge in [-0.2, -0.15) is 30.4 Å². The number of aromatic carboxylic acids is 1. The van der Waals surface area contributed by atoms with Gasteiger partial charge in [-0.25, -0.2) is 4.79 Å². The van der Waals surface area contributed by atoms with E-state index in [4.69, 9.17) is 5.73 Å². The summed E-state index contributed by atoms with van der Waals surface area (Å²) >= 11 is 0. The van der Waals surface area contributed by atoms with Gasteiger partial charge < -0.3 is 21.1 Å². The lowest BCUT2D eigenvalue weighted by Gasteiger charge is -2.12. The number of nitrogens with zero attached hydrogens (tertiary/aromatic N) is 4. The van der Waals surface area contributed by atoms with Crippen LogP contribution in [0.4, 0.5) is 28.4 Å². The Bertz CT molecular complexity index is 2610. The number of nitrogen functional groups attached to an aromatic ring is 1. The Balaban J connectivity index is 1.64. The molecule has 0 saturated heterocycles. The molecule has 0 heterocycles. The molecule has 0 bridgehead atoms. The van der Waals surface area contributed by atoms with Gasteiger partial charge in [0.2, 0.25) is 0 Å². The van der Waals surface area contributed by atoms with Crippen LogP contribution in [0.1, 0.15) is 10.4 Å². The Morgan fingerprint density at radius 1 is 0.667 bits per heavy atom. The lowest BCUT2D eigenvalue weighted by atomic mass is 10.1. The number of azo groups is 2. The summed E-state index contributed by atoms with van der Waals surface area (Å²) in [6.07, 6.45) is 0. The van der Waals surface area contributed by atoms with Crippen molar-refractivity contribution in [3.63, 3.8) is 0 Å². The van der Waals surface area contributed by atoms with Crippen molar-refractivity contribution in [1.82, 2.24) is 0 Å². The van der Waals surface area contributed by atoms with Crippen LogP contribution in [-0.2, 0) is 30.4 Å². The molecule has 0 aromatic heterocycles. The molecule has 48 heavy (non-hydrogen) atoms. The van der Waals surface area contributed by atoms with Gasteiger partial charge in [0.05, 0.1) is 27.2 Å². The Kier molecular flexibility index (Phi) is 8.37. The van der Waals surface area contributed by atoms with Crippen LogP contribution in [-0.4, -0.2) is 60.2 Å². The average Bonchev–Trinajstić information content (AvgIpc) is 2.98. The van der Waals surface area contributed by atoms with E-state index < -0.39 is 90.3 Å². The van der Waals surface area contributed by atoms with Crippen LogP contribution in [0.2, 0.25) is 0 Å². The predicted octanol–water partition coefficient (Wildman–Crippen LogP) is 5.26. The number of nitrogens with two attached hydrogens (primary N) is 1. The average molecular weight is 718 g/mol. The summed E-state index contributed by atoms with van der Waals surface area (Å²) in [5.41, 5.74) is 3.97. The van der Waals surface area contributed by atoms with Gasteiger partial charge >= 0.3 is 5.97 Å². The first-order chi connectivity index (χ1) is 22.3. The number of carboxylic acid groups (broad SMARTS) is 1. The SMILES string of the molecule is Nc1c(N=Nc2ccc3c(O)c(N=Nc4ccccc4C(=O)O)c(S(=O)(=O)O)cc3c2)cc(S(=O)(=O)O)c2cc(S(=O)(=O)O)cc(O)c12. The van der Waals surface area contributed by atoms with Crippen LogP contribution in [0.3, 0.4) is 0 Å². The van der Waals surface area contributed by atoms with Crippen molar-refractivity contribution < 1.29 is 59.0 Å². The van der Waals surface area contributed by atoms with Crippen LogP contribution < -0.4 is 5.73 Å². The van der Waals surface area contributed by atoms with Crippen LogP contribution in [0.5, 0.6) is 11.5 Å². The molecule has 8 N–H and O–H groups in total. The van der Waals surface area contributed by atoms with Gasteiger partial charge in [0.25, 0.3) is 30.4 Å². The molecule has 0 aliphatic rings. The van der Waals surface area contributed by atoms with Crippen molar-refractivity contribution in [1.29, 1.82) is 0 Å². The smallest absolute Gasteiger partial charge is 0.337 e. The summed E-state index contributed by atoms with van der Waals surface area (Å²) in [7, 11) is -15.1. The van der Waals surface area contributed by atoms with Gasteiger partial charge in [0.15, 0.2) is 5.75 Å². The molecule has 0 spiro atoms. The minimum absolute atomic E-state index is 0.0275. The molecule has 0 fully saturated rings. The number of hydrogen-bond acceptors (Lipinski definition) is 14. The van der Waals surface area contributed by atoms with Crippen molar-refractivity contribution in [2.45, 2.75) is 14.7 Å². The van der Waals surface area contributed by atoms with Crippen molar-refractivity contribution in [2.24, 2.45) is 20.5 Å². The first-order valence-electron chi connectivity index (χ1n) is 12.7. The number of carbonyl (C=O) groups is 1. The van der Waals surface area contributed by atoms with Gasteiger partial charge in [-0.1, -0.05) is 12.1 Å². The fraction of sp³-hybridized carbons (Fsp3) is 0. The van der Waals surface area contributed by atoms with E-state index in [2.05, 4.69) is 20.5 Å². The third-order valence-corrected chi connectivity index (χ3v) is 9.32. The van der Waals surface area contributed by atoms with Crippen molar-refractivity contribution in [3.8, 4) is 11.5 Å². The van der Waals surface area contributed by atoms with E-state index in [0.29, 0.717) is 18.2 Å². The van der Waals surface area contributed by atoms with Crippen LogP contribution >= 0.6 is 0 Å². The Hall–Kier alpha value is -5.58. The molecule has 0 atom stereocenters. The maximum absolute atomic E-state index is 12.2. The van der Waals surface area contributed by atoms with Gasteiger partial charge in [0.1, 0.15) is 32.6 Å². The molecule has 0 unspecified atom stereocenters. The predicted molar refractivity (Wildman–Crippen MR) is 167 cm³/mol. The minimum atomic E-state index is -5.12. The first kappa shape index (κ1) is 33.8. The lowest BCUT2D eigenvalue weighted by molar-refractivity contribution is 0.0697. The fourth-order valence-corrected chi connectivity index (χ4v) is 6.47. The summed E-state index contributed by atoms with van der Waals surface area (Å²) in [4.78, 5) is 8.73. The quantitative estimate of drug-likeness (QED) is 0.0612. The Labute approximate surface area is 269 Å². The lowest BCUT2D eigenvalue weighted by Crippen LogP contribution is -2.04. The summed E-state index contributed by atoms with van der Waals surface area (Å²) in [5.74, 6) is -3.01. The molecular weight excluding hydrogens is 699 g/mol. The first-order valence-corrected chi connectivity index (χ1v) is 17.1. The molecule has 0 aliphatic heterocycles. The molecule has 5 aromatic rings. The molecule has 0 saturated carbocycles. The molecule has 5 rings (SSSR count). The van der Waals surface area contributed by atoms with Crippen molar-refractivity contribution in [3.05, 3.63) is 72.3 Å². The summed E-state index contributed by atoms with van der Waals surface area (Å²) in [6.45, 7) is 0. The number of hydrogen-bond donors (Lipinski definition) is 7. The van der Waals surface area contributed by atoms with E-state index in [1.165, 1.54) is 42.5 Å². The molecule has 18 nitrogen and oxygen atoms in total. The van der Waals surface area contributed by atoms with E-state index in [1.54, 1.807) is 0 Å². The number of phenols is 2. The number of benzene rings is 5. The van der Waals surface area contributed by atoms with Gasteiger partial charge in [-0.15, -0.1) is 15.3 Å². The molecule has 0 amide bonds. The normalized spacial score (nSPS) is 12.8. The highest BCUT2D eigenvalue weighted by atomic mass is 32.2. The van der Waals surface area contributed by atoms with Crippen LogP contribution in [0.15, 0.2) is 102 Å². The minimum Gasteiger partial charge on any atom is -0.507 e. The fourth-order valence-electron chi connectivity index (χ4n) is 4.58. The zero-order valence-electron chi connectivity index (χ0n) is 23.5. The second kappa shape index (κ2) is 11.9. The number of fused-ring (bicyclic) bond motifs is 2. The number of aromatic hydroxyl groups is 2. The summed E-state index contributed by atoms with van der Waals surface area (Å²) < 4.78 is 101. The topological polar surface area (TPSA) is 316 Å². The third-order valence-electron chi connectivity index (χ3n) is 6.72. The molecule has 21 heteroatoms. The summed E-state index contributed by atoms with van der Waals surface area (Å²) in [5, 5.41) is 44.8. The third kappa shape index (κ3) is 6.48. The van der Waals surface area contributed by atoms with Gasteiger partial charge in [-0.05, 0) is 53.9 Å². The zero-order valence-corrected chi connectivity index (χ0v) is 25.9. The van der Waals surface area contributed by atoms with E-state index in [-0.39, 0.29) is 27.7 Å². The highest BCUT2D eigenvalue weighted by Crippen LogP contribution is 2.44. The maximum atomic E-state index is 12.2. The Morgan fingerprint density at radius 3 is 1.94 bits per heavy atom. The second-order valence-corrected chi connectivity index (χ2v) is 14.0. The van der Waals surface area contributed by atoms with Gasteiger partial charge in [0, 0.05) is 16.8 Å². The van der Waals surface area contributed by atoms with E-state index >= 15 is 0 Å². The summed E-state index contributed by atoms with van der Waals surface area (Å²) in [6, 6.07) is 11.9. The van der Waals surface area contributed by atoms with E-state index in [1.807, 2.05) is 0 Å². The number of phenolic OH excluding ortho intramolecular Hbond substituents is 2. The standard InChI is InChI=1S/C27H19N5O13S3/c28-24-19(11-21(47(40,41)42)17-9-14(46(37,38)39)10-20(33)23(17)24)31-29-13-5-6-15-12(7-13)8-22(48(43,44)45)25(26(15)34)32-30-18-4-2-1-3-16(18)27(35)36/h1-11,33-34H,28H2,(H,35,36)(H,37,38,39)(H,40,41,42)(H,43,44,45). The van der Waals surface area contributed by atoms with Crippen LogP contribution in [0.25, 0.3) is 21.5 Å². The van der Waals surface area contributed by atoms with Gasteiger partial charge in [-0.3, -0.25) is 13.7 Å². The van der Waals surface area contributed by atoms with E-state index in [9.17, 15) is 59.0 Å². The number of anilines is 1. The van der Waals surface area contributed by atoms with Crippen molar-refractivity contribution in [2.75, 3.05) is 5.73 Å². The second-order valence-electron chi connectivity index (χ2n) is 9.80. The number of carboxylic acids is 1. The molecule has 0 aliphatic carbocycles.